The number of hydrogen-bond acceptors (Lipinski definition) is 5. The van der Waals surface area contributed by atoms with Crippen molar-refractivity contribution < 1.29 is 23.5 Å². The van der Waals surface area contributed by atoms with Crippen molar-refractivity contribution in [2.24, 2.45) is 11.3 Å². The van der Waals surface area contributed by atoms with Crippen molar-refractivity contribution >= 4 is 11.9 Å². The van der Waals surface area contributed by atoms with Gasteiger partial charge >= 0.3 is 5.97 Å². The first-order valence-electron chi connectivity index (χ1n) is 11.1. The van der Waals surface area contributed by atoms with E-state index in [4.69, 9.17) is 9.47 Å². The van der Waals surface area contributed by atoms with Crippen molar-refractivity contribution in [1.29, 1.82) is 0 Å². The van der Waals surface area contributed by atoms with E-state index in [0.717, 1.165) is 13.0 Å². The number of methoxy groups -OCH3 is 1. The van der Waals surface area contributed by atoms with Gasteiger partial charge in [-0.25, -0.2) is 9.18 Å². The molecule has 1 heterocycles. The Kier molecular flexibility index (Phi) is 7.06. The Bertz CT molecular complexity index is 803. The van der Waals surface area contributed by atoms with E-state index in [1.54, 1.807) is 53.0 Å². The molecule has 7 heteroatoms. The van der Waals surface area contributed by atoms with Crippen LogP contribution in [0.2, 0.25) is 0 Å². The van der Waals surface area contributed by atoms with E-state index in [9.17, 15) is 14.0 Å². The van der Waals surface area contributed by atoms with Crippen LogP contribution in [0.15, 0.2) is 24.3 Å². The summed E-state index contributed by atoms with van der Waals surface area (Å²) in [6.45, 7) is 8.04. The fourth-order valence-electron chi connectivity index (χ4n) is 4.37. The molecular weight excluding hydrogens is 399 g/mol. The molecule has 3 rings (SSSR count). The van der Waals surface area contributed by atoms with Crippen LogP contribution in [-0.4, -0.2) is 49.3 Å². The second-order valence-corrected chi connectivity index (χ2v) is 10.1. The minimum atomic E-state index is -0.991. The van der Waals surface area contributed by atoms with Crippen molar-refractivity contribution in [1.82, 2.24) is 10.6 Å². The summed E-state index contributed by atoms with van der Waals surface area (Å²) >= 11 is 0. The molecular formula is C24H35FN2O4. The van der Waals surface area contributed by atoms with Gasteiger partial charge in [0.2, 0.25) is 5.91 Å². The van der Waals surface area contributed by atoms with Crippen molar-refractivity contribution in [2.75, 3.05) is 13.7 Å². The summed E-state index contributed by atoms with van der Waals surface area (Å²) < 4.78 is 25.4. The highest BCUT2D eigenvalue weighted by molar-refractivity contribution is 5.86. The number of hydrogen-bond donors (Lipinski definition) is 2. The first-order valence-corrected chi connectivity index (χ1v) is 11.1. The standard InChI is InChI=1S/C24H35FN2O4/c1-15(20(30-5)19-13-24(10-11-24)14-26-19)21(28)27-18(22(29)31-23(2,3)4)12-16-8-6-7-9-17(16)25/h6-9,15,18-20,26H,10-14H2,1-5H3,(H,27,28)/t15-,18?,19?,20-/m1/s1. The Morgan fingerprint density at radius 2 is 1.97 bits per heavy atom. The number of carbonyl (C=O) groups is 2. The Hall–Kier alpha value is -1.99. The number of ether oxygens (including phenoxy) is 2. The SMILES string of the molecule is CO[C@@H](C1CC2(CC2)CN1)[C@@H](C)C(=O)NC(Cc1ccccc1F)C(=O)OC(C)(C)C. The molecule has 1 aliphatic heterocycles. The highest BCUT2D eigenvalue weighted by Gasteiger charge is 2.51. The molecule has 1 aliphatic carbocycles. The lowest BCUT2D eigenvalue weighted by Crippen LogP contribution is -2.51. The Morgan fingerprint density at radius 3 is 2.52 bits per heavy atom. The molecule has 1 aromatic carbocycles. The third-order valence-electron chi connectivity index (χ3n) is 6.31. The van der Waals surface area contributed by atoms with Crippen LogP contribution in [0.1, 0.15) is 52.5 Å². The van der Waals surface area contributed by atoms with Gasteiger partial charge in [-0.2, -0.15) is 0 Å². The summed E-state index contributed by atoms with van der Waals surface area (Å²) in [6.07, 6.45) is 3.14. The van der Waals surface area contributed by atoms with Gasteiger partial charge in [-0.15, -0.1) is 0 Å². The van der Waals surface area contributed by atoms with Crippen LogP contribution in [0.5, 0.6) is 0 Å². The zero-order valence-electron chi connectivity index (χ0n) is 19.2. The molecule has 1 amide bonds. The van der Waals surface area contributed by atoms with Gasteiger partial charge in [0.25, 0.3) is 0 Å². The highest BCUT2D eigenvalue weighted by atomic mass is 19.1. The molecule has 172 valence electrons. The Balaban J connectivity index is 1.71. The van der Waals surface area contributed by atoms with E-state index in [0.29, 0.717) is 11.0 Å². The average Bonchev–Trinajstić information content (AvgIpc) is 3.32. The van der Waals surface area contributed by atoms with Gasteiger partial charge in [0, 0.05) is 26.1 Å². The molecule has 2 N–H and O–H groups in total. The number of halogens is 1. The number of amides is 1. The van der Waals surface area contributed by atoms with Crippen molar-refractivity contribution in [3.63, 3.8) is 0 Å². The number of rotatable bonds is 8. The van der Waals surface area contributed by atoms with Crippen molar-refractivity contribution in [3.8, 4) is 0 Å². The lowest BCUT2D eigenvalue weighted by molar-refractivity contribution is -0.159. The molecule has 0 aromatic heterocycles. The monoisotopic (exact) mass is 434 g/mol. The van der Waals surface area contributed by atoms with Crippen LogP contribution >= 0.6 is 0 Å². The van der Waals surface area contributed by atoms with Crippen LogP contribution in [0.3, 0.4) is 0 Å². The maximum absolute atomic E-state index is 14.2. The van der Waals surface area contributed by atoms with Gasteiger partial charge < -0.3 is 20.1 Å². The van der Waals surface area contributed by atoms with E-state index in [1.165, 1.54) is 18.9 Å². The zero-order valence-corrected chi connectivity index (χ0v) is 19.2. The first kappa shape index (κ1) is 23.7. The third-order valence-corrected chi connectivity index (χ3v) is 6.31. The number of esters is 1. The van der Waals surface area contributed by atoms with Crippen LogP contribution in [0.4, 0.5) is 4.39 Å². The summed E-state index contributed by atoms with van der Waals surface area (Å²) in [4.78, 5) is 25.9. The van der Waals surface area contributed by atoms with Crippen molar-refractivity contribution in [2.45, 2.75) is 77.2 Å². The second-order valence-electron chi connectivity index (χ2n) is 10.1. The van der Waals surface area contributed by atoms with E-state index < -0.39 is 29.3 Å². The van der Waals surface area contributed by atoms with Crippen molar-refractivity contribution in [3.05, 3.63) is 35.6 Å². The first-order chi connectivity index (χ1) is 14.5. The molecule has 2 unspecified atom stereocenters. The quantitative estimate of drug-likeness (QED) is 0.615. The predicted octanol–water partition coefficient (Wildman–Crippen LogP) is 2.99. The summed E-state index contributed by atoms with van der Waals surface area (Å²) in [5, 5.41) is 6.31. The van der Waals surface area contributed by atoms with Gasteiger partial charge in [0.1, 0.15) is 17.5 Å². The molecule has 1 saturated carbocycles. The maximum Gasteiger partial charge on any atom is 0.329 e. The molecule has 4 atom stereocenters. The molecule has 0 radical (unpaired) electrons. The normalized spacial score (nSPS) is 22.6. The summed E-state index contributed by atoms with van der Waals surface area (Å²) in [5.74, 6) is -1.79. The third kappa shape index (κ3) is 6.04. The number of nitrogens with one attached hydrogen (secondary N) is 2. The fraction of sp³-hybridized carbons (Fsp3) is 0.667. The average molecular weight is 435 g/mol. The van der Waals surface area contributed by atoms with Crippen LogP contribution < -0.4 is 10.6 Å². The Morgan fingerprint density at radius 1 is 1.29 bits per heavy atom. The zero-order chi connectivity index (χ0) is 22.8. The summed E-state index contributed by atoms with van der Waals surface area (Å²) in [7, 11) is 1.61. The molecule has 31 heavy (non-hydrogen) atoms. The van der Waals surface area contributed by atoms with E-state index in [1.807, 2.05) is 0 Å². The smallest absolute Gasteiger partial charge is 0.329 e. The molecule has 1 spiro atoms. The van der Waals surface area contributed by atoms with E-state index in [2.05, 4.69) is 10.6 Å². The van der Waals surface area contributed by atoms with Gasteiger partial charge in [-0.1, -0.05) is 25.1 Å². The number of carbonyl (C=O) groups excluding carboxylic acids is 2. The van der Waals surface area contributed by atoms with Gasteiger partial charge in [-0.3, -0.25) is 4.79 Å². The molecule has 1 aromatic rings. The summed E-state index contributed by atoms with van der Waals surface area (Å²) in [6, 6.07) is 5.35. The lowest BCUT2D eigenvalue weighted by Gasteiger charge is -2.30. The maximum atomic E-state index is 14.2. The topological polar surface area (TPSA) is 76.7 Å². The van der Waals surface area contributed by atoms with Gasteiger partial charge in [0.15, 0.2) is 0 Å². The number of benzene rings is 1. The molecule has 0 bridgehead atoms. The molecule has 2 aliphatic rings. The molecule has 6 nitrogen and oxygen atoms in total. The lowest BCUT2D eigenvalue weighted by atomic mass is 9.92. The van der Waals surface area contributed by atoms with Crippen LogP contribution in [-0.2, 0) is 25.5 Å². The minimum Gasteiger partial charge on any atom is -0.458 e. The minimum absolute atomic E-state index is 0.0164. The van der Waals surface area contributed by atoms with Gasteiger partial charge in [0.05, 0.1) is 12.0 Å². The van der Waals surface area contributed by atoms with Crippen LogP contribution in [0, 0.1) is 17.2 Å². The highest BCUT2D eigenvalue weighted by Crippen LogP contribution is 2.52. The molecule has 2 fully saturated rings. The van der Waals surface area contributed by atoms with E-state index >= 15 is 0 Å². The predicted molar refractivity (Wildman–Crippen MR) is 116 cm³/mol. The van der Waals surface area contributed by atoms with Crippen LogP contribution in [0.25, 0.3) is 0 Å². The van der Waals surface area contributed by atoms with Gasteiger partial charge in [-0.05, 0) is 57.1 Å². The Labute approximate surface area is 184 Å². The largest absolute Gasteiger partial charge is 0.458 e. The van der Waals surface area contributed by atoms with E-state index in [-0.39, 0.29) is 24.5 Å². The second kappa shape index (κ2) is 9.25. The summed E-state index contributed by atoms with van der Waals surface area (Å²) in [5.41, 5.74) is 0.00636. The fourth-order valence-corrected chi connectivity index (χ4v) is 4.37. The molecule has 1 saturated heterocycles.